The van der Waals surface area contributed by atoms with E-state index in [0.29, 0.717) is 12.8 Å². The third kappa shape index (κ3) is 65.3. The van der Waals surface area contributed by atoms with Crippen molar-refractivity contribution in [3.05, 3.63) is 97.2 Å². The third-order valence-electron chi connectivity index (χ3n) is 14.9. The van der Waals surface area contributed by atoms with Gasteiger partial charge in [0.15, 0.2) is 6.10 Å². The predicted octanol–water partition coefficient (Wildman–Crippen LogP) is 23.4. The minimum atomic E-state index is -0.782. The van der Waals surface area contributed by atoms with E-state index in [1.807, 2.05) is 0 Å². The van der Waals surface area contributed by atoms with Crippen molar-refractivity contribution in [3.63, 3.8) is 0 Å². The van der Waals surface area contributed by atoms with Crippen molar-refractivity contribution in [1.29, 1.82) is 0 Å². The van der Waals surface area contributed by atoms with Crippen molar-refractivity contribution in [2.24, 2.45) is 0 Å². The molecular weight excluding hydrogens is 957 g/mol. The minimum absolute atomic E-state index is 0.0702. The number of hydrogen-bond acceptors (Lipinski definition) is 5. The molecule has 0 saturated heterocycles. The first-order chi connectivity index (χ1) is 38.6. The number of aliphatic hydroxyl groups excluding tert-OH is 1. The van der Waals surface area contributed by atoms with Crippen molar-refractivity contribution < 1.29 is 24.2 Å². The molecule has 0 aromatic carbocycles. The Labute approximate surface area is 485 Å². The Hall–Kier alpha value is -3.18. The standard InChI is InChI=1S/C73H128O5/c1-3-5-7-9-11-13-15-17-19-21-23-25-27-29-31-33-35-36-38-40-42-44-46-48-50-52-54-56-58-60-62-64-66-68-73(76)78-71(69-74)70-77-72(75)67-65-63-61-59-57-55-53-51-49-47-45-43-41-39-37-34-32-30-28-26-24-22-20-18-16-14-12-10-8-6-4-2/h5,7,11,13,17,19,23,25,29,31,35-36,40,42,46,48,71,74H,3-4,6,8-10,12,14-16,18,20-22,24,26-28,30,32-34,37-39,41,43-45,47,49-70H2,1-2H3/b7-5-,13-11-,19-17-,25-23-,31-29-,36-35-,42-40-,48-46-. The van der Waals surface area contributed by atoms with E-state index in [-0.39, 0.29) is 25.2 Å². The van der Waals surface area contributed by atoms with Crippen molar-refractivity contribution in [2.45, 2.75) is 341 Å². The summed E-state index contributed by atoms with van der Waals surface area (Å²) in [5, 5.41) is 9.69. The van der Waals surface area contributed by atoms with Crippen LogP contribution in [0.25, 0.3) is 0 Å². The van der Waals surface area contributed by atoms with Crippen LogP contribution in [0.4, 0.5) is 0 Å². The number of ether oxygens (including phenoxy) is 2. The molecule has 0 spiro atoms. The van der Waals surface area contributed by atoms with Gasteiger partial charge >= 0.3 is 11.9 Å². The fourth-order valence-corrected chi connectivity index (χ4v) is 9.87. The van der Waals surface area contributed by atoms with Crippen LogP contribution in [0.5, 0.6) is 0 Å². The lowest BCUT2D eigenvalue weighted by Crippen LogP contribution is -2.28. The van der Waals surface area contributed by atoms with E-state index in [9.17, 15) is 14.7 Å². The molecule has 450 valence electrons. The Morgan fingerprint density at radius 1 is 0.308 bits per heavy atom. The number of carbonyl (C=O) groups is 2. The lowest BCUT2D eigenvalue weighted by Gasteiger charge is -2.15. The average molecular weight is 1090 g/mol. The second kappa shape index (κ2) is 68.1. The zero-order chi connectivity index (χ0) is 56.2. The smallest absolute Gasteiger partial charge is 0.306 e. The van der Waals surface area contributed by atoms with E-state index < -0.39 is 6.10 Å². The number of unbranched alkanes of at least 4 members (excludes halogenated alkanes) is 38. The van der Waals surface area contributed by atoms with Crippen LogP contribution in [0, 0.1) is 0 Å². The summed E-state index contributed by atoms with van der Waals surface area (Å²) in [5.74, 6) is -0.590. The van der Waals surface area contributed by atoms with Crippen LogP contribution in [0.2, 0.25) is 0 Å². The maximum absolute atomic E-state index is 12.4. The first-order valence-electron chi connectivity index (χ1n) is 33.8. The van der Waals surface area contributed by atoms with Crippen molar-refractivity contribution in [2.75, 3.05) is 13.2 Å². The van der Waals surface area contributed by atoms with Crippen LogP contribution in [-0.4, -0.2) is 36.4 Å². The van der Waals surface area contributed by atoms with Crippen molar-refractivity contribution >= 4 is 11.9 Å². The molecule has 0 aromatic heterocycles. The van der Waals surface area contributed by atoms with Gasteiger partial charge in [0.1, 0.15) is 6.61 Å². The topological polar surface area (TPSA) is 72.8 Å². The summed E-state index contributed by atoms with van der Waals surface area (Å²) in [4.78, 5) is 24.6. The highest BCUT2D eigenvalue weighted by atomic mass is 16.6. The second-order valence-electron chi connectivity index (χ2n) is 22.5. The zero-order valence-electron chi connectivity index (χ0n) is 51.7. The molecule has 78 heavy (non-hydrogen) atoms. The molecule has 5 heteroatoms. The highest BCUT2D eigenvalue weighted by molar-refractivity contribution is 5.70. The molecular formula is C73H128O5. The van der Waals surface area contributed by atoms with Crippen LogP contribution in [-0.2, 0) is 19.1 Å². The molecule has 0 saturated carbocycles. The molecule has 0 amide bonds. The third-order valence-corrected chi connectivity index (χ3v) is 14.9. The Bertz CT molecular complexity index is 1460. The molecule has 5 nitrogen and oxygen atoms in total. The molecule has 0 heterocycles. The van der Waals surface area contributed by atoms with E-state index in [1.54, 1.807) is 0 Å². The summed E-state index contributed by atoms with van der Waals surface area (Å²) in [6, 6.07) is 0. The Balaban J connectivity index is 3.49. The van der Waals surface area contributed by atoms with Gasteiger partial charge in [-0.1, -0.05) is 342 Å². The summed E-state index contributed by atoms with van der Waals surface area (Å²) in [7, 11) is 0. The Kier molecular flexibility index (Phi) is 65.3. The quantitative estimate of drug-likeness (QED) is 0.0373. The maximum atomic E-state index is 12.4. The van der Waals surface area contributed by atoms with Gasteiger partial charge in [-0.05, 0) is 77.0 Å². The number of allylic oxidation sites excluding steroid dienone is 16. The zero-order valence-corrected chi connectivity index (χ0v) is 51.7. The maximum Gasteiger partial charge on any atom is 0.306 e. The fourth-order valence-electron chi connectivity index (χ4n) is 9.87. The van der Waals surface area contributed by atoms with Crippen LogP contribution in [0.15, 0.2) is 97.2 Å². The fraction of sp³-hybridized carbons (Fsp3) is 0.753. The monoisotopic (exact) mass is 1080 g/mol. The van der Waals surface area contributed by atoms with Crippen molar-refractivity contribution in [1.82, 2.24) is 0 Å². The molecule has 0 aliphatic heterocycles. The van der Waals surface area contributed by atoms with Gasteiger partial charge in [0, 0.05) is 12.8 Å². The van der Waals surface area contributed by atoms with Crippen molar-refractivity contribution in [3.8, 4) is 0 Å². The SMILES string of the molecule is CC/C=C\C/C=C\C/C=C\C/C=C\C/C=C\C/C=C\C/C=C\C/C=C\CCCCCCCCCCC(=O)OC(CO)COC(=O)CCCCCCCCCCCCCCCCCCCCCCCCCCCCCCCCC. The molecule has 0 radical (unpaired) electrons. The molecule has 1 N–H and O–H groups in total. The van der Waals surface area contributed by atoms with Gasteiger partial charge < -0.3 is 14.6 Å². The minimum Gasteiger partial charge on any atom is -0.462 e. The van der Waals surface area contributed by atoms with E-state index in [2.05, 4.69) is 111 Å². The summed E-state index contributed by atoms with van der Waals surface area (Å²) in [6.45, 7) is 4.06. The van der Waals surface area contributed by atoms with Crippen LogP contribution < -0.4 is 0 Å². The largest absolute Gasteiger partial charge is 0.462 e. The molecule has 1 atom stereocenters. The number of hydrogen-bond donors (Lipinski definition) is 1. The van der Waals surface area contributed by atoms with Gasteiger partial charge in [0.05, 0.1) is 6.61 Å². The molecule has 0 fully saturated rings. The lowest BCUT2D eigenvalue weighted by molar-refractivity contribution is -0.161. The molecule has 0 aliphatic carbocycles. The Morgan fingerprint density at radius 2 is 0.551 bits per heavy atom. The van der Waals surface area contributed by atoms with Crippen LogP contribution in [0.1, 0.15) is 335 Å². The lowest BCUT2D eigenvalue weighted by atomic mass is 10.0. The molecule has 0 rings (SSSR count). The number of aliphatic hydroxyl groups is 1. The highest BCUT2D eigenvalue weighted by Gasteiger charge is 2.16. The average Bonchev–Trinajstić information content (AvgIpc) is 3.44. The first-order valence-corrected chi connectivity index (χ1v) is 33.8. The van der Waals surface area contributed by atoms with Gasteiger partial charge in [0.2, 0.25) is 0 Å². The van der Waals surface area contributed by atoms with E-state index in [4.69, 9.17) is 9.47 Å². The van der Waals surface area contributed by atoms with Gasteiger partial charge in [-0.3, -0.25) is 9.59 Å². The summed E-state index contributed by atoms with van der Waals surface area (Å²) >= 11 is 0. The highest BCUT2D eigenvalue weighted by Crippen LogP contribution is 2.18. The van der Waals surface area contributed by atoms with Gasteiger partial charge in [-0.2, -0.15) is 0 Å². The van der Waals surface area contributed by atoms with E-state index >= 15 is 0 Å². The summed E-state index contributed by atoms with van der Waals surface area (Å²) < 4.78 is 10.7. The molecule has 0 aliphatic rings. The van der Waals surface area contributed by atoms with Crippen LogP contribution in [0.3, 0.4) is 0 Å². The predicted molar refractivity (Wildman–Crippen MR) is 343 cm³/mol. The number of rotatable bonds is 62. The second-order valence-corrected chi connectivity index (χ2v) is 22.5. The first kappa shape index (κ1) is 74.8. The number of esters is 2. The Morgan fingerprint density at radius 3 is 0.833 bits per heavy atom. The molecule has 0 aromatic rings. The molecule has 0 bridgehead atoms. The van der Waals surface area contributed by atoms with Gasteiger partial charge in [-0.25, -0.2) is 0 Å². The van der Waals surface area contributed by atoms with E-state index in [1.165, 1.54) is 212 Å². The van der Waals surface area contributed by atoms with Gasteiger partial charge in [0.25, 0.3) is 0 Å². The van der Waals surface area contributed by atoms with E-state index in [0.717, 1.165) is 96.3 Å². The molecule has 1 unspecified atom stereocenters. The number of carbonyl (C=O) groups excluding carboxylic acids is 2. The summed E-state index contributed by atoms with van der Waals surface area (Å²) in [5.41, 5.74) is 0. The summed E-state index contributed by atoms with van der Waals surface area (Å²) in [6.07, 6.45) is 97.1. The normalized spacial score (nSPS) is 12.8. The van der Waals surface area contributed by atoms with Crippen LogP contribution >= 0.6 is 0 Å². The van der Waals surface area contributed by atoms with Gasteiger partial charge in [-0.15, -0.1) is 0 Å².